The van der Waals surface area contributed by atoms with E-state index in [9.17, 15) is 18.0 Å². The maximum absolute atomic E-state index is 11.7. The van der Waals surface area contributed by atoms with Crippen molar-refractivity contribution in [2.75, 3.05) is 19.6 Å². The molecular weight excluding hydrogens is 221 g/mol. The van der Waals surface area contributed by atoms with E-state index < -0.39 is 12.1 Å². The molecule has 0 spiro atoms. The van der Waals surface area contributed by atoms with Crippen LogP contribution in [0.15, 0.2) is 0 Å². The predicted octanol–water partition coefficient (Wildman–Crippen LogP) is 0.696. The van der Waals surface area contributed by atoms with Crippen molar-refractivity contribution in [3.8, 4) is 0 Å². The lowest BCUT2D eigenvalue weighted by atomic mass is 10.1. The van der Waals surface area contributed by atoms with Gasteiger partial charge in [0.05, 0.1) is 0 Å². The van der Waals surface area contributed by atoms with E-state index in [1.165, 1.54) is 0 Å². The Hall–Kier alpha value is -0.490. The molecule has 0 radical (unpaired) electrons. The first-order valence-corrected chi connectivity index (χ1v) is 4.06. The monoisotopic (exact) mass is 232 g/mol. The maximum atomic E-state index is 11.7. The first-order chi connectivity index (χ1) is 6.00. The van der Waals surface area contributed by atoms with Crippen molar-refractivity contribution < 1.29 is 18.0 Å². The van der Waals surface area contributed by atoms with Gasteiger partial charge in [0, 0.05) is 6.54 Å². The van der Waals surface area contributed by atoms with E-state index in [2.05, 4.69) is 5.32 Å². The second-order valence-electron chi connectivity index (χ2n) is 3.07. The van der Waals surface area contributed by atoms with Gasteiger partial charge in [0.1, 0.15) is 0 Å². The quantitative estimate of drug-likeness (QED) is 0.736. The van der Waals surface area contributed by atoms with Gasteiger partial charge in [-0.3, -0.25) is 4.79 Å². The van der Waals surface area contributed by atoms with Gasteiger partial charge in [0.15, 0.2) is 0 Å². The van der Waals surface area contributed by atoms with Crippen LogP contribution >= 0.6 is 12.4 Å². The topological polar surface area (TPSA) is 41.1 Å². The van der Waals surface area contributed by atoms with E-state index in [0.717, 1.165) is 13.0 Å². The second kappa shape index (κ2) is 5.41. The van der Waals surface area contributed by atoms with E-state index in [1.807, 2.05) is 5.32 Å². The summed E-state index contributed by atoms with van der Waals surface area (Å²) in [6.45, 7) is 1.59. The van der Waals surface area contributed by atoms with E-state index in [1.54, 1.807) is 0 Å². The summed E-state index contributed by atoms with van der Waals surface area (Å²) in [5.74, 6) is -1.72. The summed E-state index contributed by atoms with van der Waals surface area (Å²) in [5.41, 5.74) is 0. The Morgan fingerprint density at radius 2 is 2.14 bits per heavy atom. The number of alkyl halides is 3. The molecule has 84 valence electrons. The van der Waals surface area contributed by atoms with Crippen LogP contribution in [-0.4, -0.2) is 31.7 Å². The summed E-state index contributed by atoms with van der Waals surface area (Å²) in [6, 6.07) is 0. The molecule has 1 aliphatic rings. The third kappa shape index (κ3) is 4.15. The minimum Gasteiger partial charge on any atom is -0.348 e. The zero-order valence-corrected chi connectivity index (χ0v) is 8.17. The van der Waals surface area contributed by atoms with Crippen LogP contribution in [0.5, 0.6) is 0 Å². The molecule has 0 bridgehead atoms. The molecule has 2 N–H and O–H groups in total. The molecule has 1 saturated heterocycles. The smallest absolute Gasteiger partial charge is 0.348 e. The first kappa shape index (κ1) is 13.5. The number of carbonyl (C=O) groups excluding carboxylic acids is 1. The Kier molecular flexibility index (Phi) is 5.22. The van der Waals surface area contributed by atoms with Gasteiger partial charge in [0.2, 0.25) is 0 Å². The zero-order valence-electron chi connectivity index (χ0n) is 7.36. The fraction of sp³-hybridized carbons (Fsp3) is 0.857. The van der Waals surface area contributed by atoms with Gasteiger partial charge in [-0.1, -0.05) is 0 Å². The van der Waals surface area contributed by atoms with Crippen LogP contribution in [0.3, 0.4) is 0 Å². The summed E-state index contributed by atoms with van der Waals surface area (Å²) in [5, 5.41) is 4.86. The number of rotatable bonds is 2. The van der Waals surface area contributed by atoms with Gasteiger partial charge < -0.3 is 10.6 Å². The molecule has 0 aromatic heterocycles. The Labute approximate surface area is 85.8 Å². The third-order valence-electron chi connectivity index (χ3n) is 1.97. The molecule has 1 rings (SSSR count). The molecule has 1 atom stereocenters. The van der Waals surface area contributed by atoms with Crippen LogP contribution in [0.4, 0.5) is 13.2 Å². The van der Waals surface area contributed by atoms with Crippen molar-refractivity contribution >= 4 is 18.3 Å². The molecule has 1 aliphatic heterocycles. The van der Waals surface area contributed by atoms with Crippen molar-refractivity contribution in [1.82, 2.24) is 10.6 Å². The molecule has 0 aliphatic carbocycles. The Balaban J connectivity index is 0.00000169. The minimum atomic E-state index is -4.76. The molecule has 1 amide bonds. The third-order valence-corrected chi connectivity index (χ3v) is 1.97. The van der Waals surface area contributed by atoms with Crippen molar-refractivity contribution in [2.45, 2.75) is 12.6 Å². The van der Waals surface area contributed by atoms with Gasteiger partial charge >= 0.3 is 12.1 Å². The minimum absolute atomic E-state index is 0. The lowest BCUT2D eigenvalue weighted by molar-refractivity contribution is -0.173. The summed E-state index contributed by atoms with van der Waals surface area (Å²) < 4.78 is 35.1. The van der Waals surface area contributed by atoms with Crippen molar-refractivity contribution in [2.24, 2.45) is 5.92 Å². The van der Waals surface area contributed by atoms with Crippen molar-refractivity contribution in [3.63, 3.8) is 0 Å². The van der Waals surface area contributed by atoms with Gasteiger partial charge in [-0.15, -0.1) is 12.4 Å². The van der Waals surface area contributed by atoms with Crippen LogP contribution in [0.2, 0.25) is 0 Å². The van der Waals surface area contributed by atoms with Crippen LogP contribution < -0.4 is 10.6 Å². The number of hydrogen-bond donors (Lipinski definition) is 2. The molecule has 14 heavy (non-hydrogen) atoms. The predicted molar refractivity (Wildman–Crippen MR) is 47.3 cm³/mol. The van der Waals surface area contributed by atoms with Crippen LogP contribution in [0.1, 0.15) is 6.42 Å². The van der Waals surface area contributed by atoms with Crippen LogP contribution in [-0.2, 0) is 4.79 Å². The highest BCUT2D eigenvalue weighted by molar-refractivity contribution is 5.85. The summed E-state index contributed by atoms with van der Waals surface area (Å²) >= 11 is 0. The normalized spacial score (nSPS) is 21.5. The number of halogens is 4. The van der Waals surface area contributed by atoms with Crippen molar-refractivity contribution in [3.05, 3.63) is 0 Å². The summed E-state index contributed by atoms with van der Waals surface area (Å²) in [7, 11) is 0. The van der Waals surface area contributed by atoms with Crippen LogP contribution in [0.25, 0.3) is 0 Å². The van der Waals surface area contributed by atoms with E-state index in [0.29, 0.717) is 6.54 Å². The van der Waals surface area contributed by atoms with Crippen molar-refractivity contribution in [1.29, 1.82) is 0 Å². The molecule has 3 nitrogen and oxygen atoms in total. The highest BCUT2D eigenvalue weighted by Crippen LogP contribution is 2.14. The molecule has 0 saturated carbocycles. The number of amides is 1. The van der Waals surface area contributed by atoms with Gasteiger partial charge in [-0.25, -0.2) is 0 Å². The van der Waals surface area contributed by atoms with E-state index in [-0.39, 0.29) is 24.9 Å². The Bertz CT molecular complexity index is 192. The molecule has 0 aromatic carbocycles. The standard InChI is InChI=1S/C7H11F3N2O.ClH/c8-7(9,10)6(13)12-4-5-1-2-11-3-5;/h5,11H,1-4H2,(H,12,13);1H/t5-;/m0./s1. The Morgan fingerprint density at radius 3 is 2.57 bits per heavy atom. The number of carbonyl (C=O) groups is 1. The lowest BCUT2D eigenvalue weighted by Crippen LogP contribution is -2.39. The largest absolute Gasteiger partial charge is 0.471 e. The maximum Gasteiger partial charge on any atom is 0.471 e. The molecular formula is C7H12ClF3N2O. The van der Waals surface area contributed by atoms with Crippen LogP contribution in [0, 0.1) is 5.92 Å². The summed E-state index contributed by atoms with van der Waals surface area (Å²) in [4.78, 5) is 10.4. The molecule has 1 fully saturated rings. The lowest BCUT2D eigenvalue weighted by Gasteiger charge is -2.11. The molecule has 7 heteroatoms. The summed E-state index contributed by atoms with van der Waals surface area (Å²) in [6.07, 6.45) is -3.94. The molecule has 0 unspecified atom stereocenters. The van der Waals surface area contributed by atoms with Gasteiger partial charge in [-0.2, -0.15) is 13.2 Å². The van der Waals surface area contributed by atoms with Gasteiger partial charge in [-0.05, 0) is 25.4 Å². The first-order valence-electron chi connectivity index (χ1n) is 4.06. The SMILES string of the molecule is Cl.O=C(NC[C@H]1CCNC1)C(F)(F)F. The zero-order chi connectivity index (χ0) is 9.90. The fourth-order valence-corrected chi connectivity index (χ4v) is 1.23. The average Bonchev–Trinajstić information content (AvgIpc) is 2.50. The van der Waals surface area contributed by atoms with E-state index >= 15 is 0 Å². The number of hydrogen-bond acceptors (Lipinski definition) is 2. The average molecular weight is 233 g/mol. The van der Waals surface area contributed by atoms with E-state index in [4.69, 9.17) is 0 Å². The highest BCUT2D eigenvalue weighted by atomic mass is 35.5. The second-order valence-corrected chi connectivity index (χ2v) is 3.07. The fourth-order valence-electron chi connectivity index (χ4n) is 1.23. The molecule has 0 aromatic rings. The van der Waals surface area contributed by atoms with Gasteiger partial charge in [0.25, 0.3) is 0 Å². The highest BCUT2D eigenvalue weighted by Gasteiger charge is 2.38. The molecule has 1 heterocycles. The number of nitrogens with one attached hydrogen (secondary N) is 2. The Morgan fingerprint density at radius 1 is 1.50 bits per heavy atom.